The number of ether oxygens (including phenoxy) is 1. The third-order valence-electron chi connectivity index (χ3n) is 2.16. The first-order valence-corrected chi connectivity index (χ1v) is 3.77. The summed E-state index contributed by atoms with van der Waals surface area (Å²) < 4.78 is 5.15. The van der Waals surface area contributed by atoms with E-state index in [9.17, 15) is 5.11 Å². The summed E-state index contributed by atoms with van der Waals surface area (Å²) in [4.78, 5) is 0. The maximum Gasteiger partial charge on any atom is 0.0828 e. The van der Waals surface area contributed by atoms with Crippen LogP contribution < -0.4 is 0 Å². The monoisotopic (exact) mass is 144 g/mol. The van der Waals surface area contributed by atoms with Crippen LogP contribution in [-0.2, 0) is 4.74 Å². The maximum atomic E-state index is 9.40. The molecule has 1 fully saturated rings. The Morgan fingerprint density at radius 1 is 1.30 bits per heavy atom. The SMILES string of the molecule is CC(C)(C)[C@@H]1COC[C@@H]1O. The van der Waals surface area contributed by atoms with Crippen molar-refractivity contribution < 1.29 is 9.84 Å². The molecule has 0 saturated carbocycles. The molecule has 0 radical (unpaired) electrons. The topological polar surface area (TPSA) is 29.5 Å². The van der Waals surface area contributed by atoms with E-state index in [0.717, 1.165) is 0 Å². The number of rotatable bonds is 0. The molecule has 1 saturated heterocycles. The standard InChI is InChI=1S/C8H16O2/c1-8(2,3)6-4-10-5-7(6)9/h6-7,9H,4-5H2,1-3H3/t6-,7+/m1/s1. The zero-order chi connectivity index (χ0) is 7.78. The van der Waals surface area contributed by atoms with Gasteiger partial charge in [-0.15, -0.1) is 0 Å². The van der Waals surface area contributed by atoms with Crippen LogP contribution in [0.1, 0.15) is 20.8 Å². The lowest BCUT2D eigenvalue weighted by Gasteiger charge is -2.27. The lowest BCUT2D eigenvalue weighted by molar-refractivity contribution is 0.0816. The van der Waals surface area contributed by atoms with Crippen molar-refractivity contribution in [1.29, 1.82) is 0 Å². The fourth-order valence-corrected chi connectivity index (χ4v) is 1.37. The summed E-state index contributed by atoms with van der Waals surface area (Å²) in [5.41, 5.74) is 0.177. The van der Waals surface area contributed by atoms with Crippen LogP contribution in [0.4, 0.5) is 0 Å². The van der Waals surface area contributed by atoms with Crippen molar-refractivity contribution in [3.05, 3.63) is 0 Å². The summed E-state index contributed by atoms with van der Waals surface area (Å²) in [5.74, 6) is 0.312. The Balaban J connectivity index is 2.55. The van der Waals surface area contributed by atoms with Crippen molar-refractivity contribution >= 4 is 0 Å². The van der Waals surface area contributed by atoms with Crippen LogP contribution >= 0.6 is 0 Å². The molecule has 1 heterocycles. The minimum atomic E-state index is -0.250. The van der Waals surface area contributed by atoms with Crippen molar-refractivity contribution in [2.24, 2.45) is 11.3 Å². The van der Waals surface area contributed by atoms with Crippen LogP contribution in [0, 0.1) is 11.3 Å². The molecule has 0 bridgehead atoms. The molecule has 1 rings (SSSR count). The second kappa shape index (κ2) is 2.51. The zero-order valence-electron chi connectivity index (χ0n) is 6.92. The van der Waals surface area contributed by atoms with E-state index in [1.807, 2.05) is 0 Å². The number of aliphatic hydroxyl groups is 1. The maximum absolute atomic E-state index is 9.40. The summed E-state index contributed by atoms with van der Waals surface area (Å²) in [6, 6.07) is 0. The second-order valence-electron chi connectivity index (χ2n) is 4.08. The number of hydrogen-bond donors (Lipinski definition) is 1. The first kappa shape index (κ1) is 8.02. The average molecular weight is 144 g/mol. The Labute approximate surface area is 62.2 Å². The van der Waals surface area contributed by atoms with Crippen molar-refractivity contribution in [2.75, 3.05) is 13.2 Å². The molecule has 0 spiro atoms. The molecule has 2 nitrogen and oxygen atoms in total. The van der Waals surface area contributed by atoms with Crippen molar-refractivity contribution in [2.45, 2.75) is 26.9 Å². The van der Waals surface area contributed by atoms with E-state index >= 15 is 0 Å². The Morgan fingerprint density at radius 2 is 1.90 bits per heavy atom. The molecule has 0 aromatic heterocycles. The summed E-state index contributed by atoms with van der Waals surface area (Å²) in [6.07, 6.45) is -0.250. The van der Waals surface area contributed by atoms with Crippen LogP contribution in [0.5, 0.6) is 0 Å². The van der Waals surface area contributed by atoms with E-state index in [2.05, 4.69) is 20.8 Å². The summed E-state index contributed by atoms with van der Waals surface area (Å²) in [6.45, 7) is 7.63. The van der Waals surface area contributed by atoms with Gasteiger partial charge in [0.15, 0.2) is 0 Å². The van der Waals surface area contributed by atoms with Gasteiger partial charge in [-0.3, -0.25) is 0 Å². The number of aliphatic hydroxyl groups excluding tert-OH is 1. The van der Waals surface area contributed by atoms with Gasteiger partial charge in [0, 0.05) is 5.92 Å². The summed E-state index contributed by atoms with van der Waals surface area (Å²) in [7, 11) is 0. The highest BCUT2D eigenvalue weighted by atomic mass is 16.5. The lowest BCUT2D eigenvalue weighted by atomic mass is 9.79. The van der Waals surface area contributed by atoms with Gasteiger partial charge in [0.2, 0.25) is 0 Å². The molecule has 0 aromatic carbocycles. The van der Waals surface area contributed by atoms with E-state index in [1.54, 1.807) is 0 Å². The van der Waals surface area contributed by atoms with Crippen LogP contribution in [0.2, 0.25) is 0 Å². The van der Waals surface area contributed by atoms with Crippen LogP contribution in [0.25, 0.3) is 0 Å². The Bertz CT molecular complexity index is 115. The Morgan fingerprint density at radius 3 is 2.10 bits per heavy atom. The van der Waals surface area contributed by atoms with E-state index in [4.69, 9.17) is 4.74 Å². The van der Waals surface area contributed by atoms with Gasteiger partial charge in [0.25, 0.3) is 0 Å². The molecule has 1 aliphatic rings. The Hall–Kier alpha value is -0.0800. The van der Waals surface area contributed by atoms with E-state index in [-0.39, 0.29) is 11.5 Å². The first-order chi connectivity index (χ1) is 4.52. The van der Waals surface area contributed by atoms with Gasteiger partial charge in [-0.2, -0.15) is 0 Å². The predicted octanol–water partition coefficient (Wildman–Crippen LogP) is 1.04. The second-order valence-corrected chi connectivity index (χ2v) is 4.08. The van der Waals surface area contributed by atoms with E-state index in [1.165, 1.54) is 0 Å². The molecule has 0 aromatic rings. The molecule has 1 aliphatic heterocycles. The molecule has 2 heteroatoms. The van der Waals surface area contributed by atoms with Crippen molar-refractivity contribution in [1.82, 2.24) is 0 Å². The molecule has 10 heavy (non-hydrogen) atoms. The lowest BCUT2D eigenvalue weighted by Crippen LogP contribution is -2.30. The van der Waals surface area contributed by atoms with Crippen LogP contribution in [-0.4, -0.2) is 24.4 Å². The molecule has 0 aliphatic carbocycles. The van der Waals surface area contributed by atoms with Gasteiger partial charge in [-0.1, -0.05) is 20.8 Å². The predicted molar refractivity (Wildman–Crippen MR) is 39.8 cm³/mol. The van der Waals surface area contributed by atoms with Gasteiger partial charge in [0.1, 0.15) is 0 Å². The number of hydrogen-bond acceptors (Lipinski definition) is 2. The van der Waals surface area contributed by atoms with Gasteiger partial charge in [-0.05, 0) is 5.41 Å². The smallest absolute Gasteiger partial charge is 0.0828 e. The molecule has 0 unspecified atom stereocenters. The van der Waals surface area contributed by atoms with E-state index in [0.29, 0.717) is 19.1 Å². The van der Waals surface area contributed by atoms with Gasteiger partial charge in [0.05, 0.1) is 19.3 Å². The third kappa shape index (κ3) is 1.50. The highest BCUT2D eigenvalue weighted by Gasteiger charge is 2.35. The van der Waals surface area contributed by atoms with Gasteiger partial charge in [-0.25, -0.2) is 0 Å². The fourth-order valence-electron chi connectivity index (χ4n) is 1.37. The van der Waals surface area contributed by atoms with Crippen LogP contribution in [0.3, 0.4) is 0 Å². The quantitative estimate of drug-likeness (QED) is 0.550. The molecule has 60 valence electrons. The zero-order valence-corrected chi connectivity index (χ0v) is 6.92. The van der Waals surface area contributed by atoms with Crippen molar-refractivity contribution in [3.63, 3.8) is 0 Å². The van der Waals surface area contributed by atoms with Crippen molar-refractivity contribution in [3.8, 4) is 0 Å². The third-order valence-corrected chi connectivity index (χ3v) is 2.16. The molecular formula is C8H16O2. The minimum Gasteiger partial charge on any atom is -0.390 e. The largest absolute Gasteiger partial charge is 0.390 e. The highest BCUT2D eigenvalue weighted by Crippen LogP contribution is 2.32. The Kier molecular flexibility index (Phi) is 2.02. The van der Waals surface area contributed by atoms with Gasteiger partial charge < -0.3 is 9.84 Å². The molecule has 1 N–H and O–H groups in total. The molecule has 2 atom stereocenters. The molecule has 0 amide bonds. The first-order valence-electron chi connectivity index (χ1n) is 3.77. The van der Waals surface area contributed by atoms with E-state index < -0.39 is 0 Å². The summed E-state index contributed by atoms with van der Waals surface area (Å²) >= 11 is 0. The minimum absolute atomic E-state index is 0.177. The molecular weight excluding hydrogens is 128 g/mol. The highest BCUT2D eigenvalue weighted by molar-refractivity contribution is 4.83. The summed E-state index contributed by atoms with van der Waals surface area (Å²) in [5, 5.41) is 9.40. The fraction of sp³-hybridized carbons (Fsp3) is 1.00. The average Bonchev–Trinajstić information content (AvgIpc) is 2.11. The van der Waals surface area contributed by atoms with Gasteiger partial charge >= 0.3 is 0 Å². The normalized spacial score (nSPS) is 34.8. The van der Waals surface area contributed by atoms with Crippen LogP contribution in [0.15, 0.2) is 0 Å².